The highest BCUT2D eigenvalue weighted by Gasteiger charge is 2.38. The molecule has 0 saturated heterocycles. The molecule has 30 heavy (non-hydrogen) atoms. The number of hydrogen-bond donors (Lipinski definition) is 1. The first-order chi connectivity index (χ1) is 14.3. The van der Waals surface area contributed by atoms with Crippen LogP contribution in [0.2, 0.25) is 0 Å². The van der Waals surface area contributed by atoms with Gasteiger partial charge in [-0.2, -0.15) is 0 Å². The Bertz CT molecular complexity index is 834. The SMILES string of the molecule is CC(C)(C)OC(=O)NCC1(c2ccccc2)CCC(OC(=O)c2ccccc2)CC1. The topological polar surface area (TPSA) is 64.6 Å². The van der Waals surface area contributed by atoms with Crippen molar-refractivity contribution < 1.29 is 19.1 Å². The summed E-state index contributed by atoms with van der Waals surface area (Å²) in [6.07, 6.45) is 2.62. The molecule has 1 saturated carbocycles. The van der Waals surface area contributed by atoms with Crippen LogP contribution in [-0.2, 0) is 14.9 Å². The smallest absolute Gasteiger partial charge is 0.407 e. The van der Waals surface area contributed by atoms with Crippen LogP contribution in [0.3, 0.4) is 0 Å². The Labute approximate surface area is 178 Å². The first-order valence-corrected chi connectivity index (χ1v) is 10.6. The Balaban J connectivity index is 1.65. The summed E-state index contributed by atoms with van der Waals surface area (Å²) in [7, 11) is 0. The first kappa shape index (κ1) is 21.9. The molecule has 5 heteroatoms. The largest absolute Gasteiger partial charge is 0.459 e. The molecule has 160 valence electrons. The maximum atomic E-state index is 12.4. The lowest BCUT2D eigenvalue weighted by Gasteiger charge is -2.40. The van der Waals surface area contributed by atoms with Gasteiger partial charge in [-0.25, -0.2) is 9.59 Å². The van der Waals surface area contributed by atoms with Crippen molar-refractivity contribution in [1.82, 2.24) is 5.32 Å². The van der Waals surface area contributed by atoms with Crippen molar-refractivity contribution >= 4 is 12.1 Å². The molecule has 1 fully saturated rings. The number of alkyl carbamates (subject to hydrolysis) is 1. The normalized spacial score (nSPS) is 21.5. The van der Waals surface area contributed by atoms with Crippen LogP contribution >= 0.6 is 0 Å². The lowest BCUT2D eigenvalue weighted by Crippen LogP contribution is -2.45. The first-order valence-electron chi connectivity index (χ1n) is 10.6. The lowest BCUT2D eigenvalue weighted by atomic mass is 9.68. The van der Waals surface area contributed by atoms with Gasteiger partial charge in [0.05, 0.1) is 5.56 Å². The monoisotopic (exact) mass is 409 g/mol. The third-order valence-electron chi connectivity index (χ3n) is 5.53. The molecule has 0 atom stereocenters. The molecule has 1 N–H and O–H groups in total. The highest BCUT2D eigenvalue weighted by atomic mass is 16.6. The summed E-state index contributed by atoms with van der Waals surface area (Å²) < 4.78 is 11.2. The fraction of sp³-hybridized carbons (Fsp3) is 0.440. The van der Waals surface area contributed by atoms with Crippen LogP contribution in [0.15, 0.2) is 60.7 Å². The lowest BCUT2D eigenvalue weighted by molar-refractivity contribution is 0.0131. The molecule has 1 aliphatic rings. The second kappa shape index (κ2) is 9.33. The molecule has 0 radical (unpaired) electrons. The van der Waals surface area contributed by atoms with E-state index in [-0.39, 0.29) is 17.5 Å². The minimum Gasteiger partial charge on any atom is -0.459 e. The van der Waals surface area contributed by atoms with Crippen LogP contribution in [0.4, 0.5) is 4.79 Å². The molecular formula is C25H31NO4. The molecular weight excluding hydrogens is 378 g/mol. The molecule has 0 aromatic heterocycles. The number of ether oxygens (including phenoxy) is 2. The van der Waals surface area contributed by atoms with E-state index in [1.807, 2.05) is 57.2 Å². The number of amides is 1. The number of hydrogen-bond acceptors (Lipinski definition) is 4. The van der Waals surface area contributed by atoms with E-state index >= 15 is 0 Å². The highest BCUT2D eigenvalue weighted by Crippen LogP contribution is 2.40. The molecule has 3 rings (SSSR count). The summed E-state index contributed by atoms with van der Waals surface area (Å²) in [5.41, 5.74) is 1.03. The molecule has 1 amide bonds. The molecule has 0 heterocycles. The van der Waals surface area contributed by atoms with Crippen LogP contribution in [0, 0.1) is 0 Å². The molecule has 0 aliphatic heterocycles. The number of rotatable bonds is 5. The van der Waals surface area contributed by atoms with Gasteiger partial charge in [-0.1, -0.05) is 48.5 Å². The van der Waals surface area contributed by atoms with Gasteiger partial charge in [-0.3, -0.25) is 0 Å². The quantitative estimate of drug-likeness (QED) is 0.685. The number of carbonyl (C=O) groups excluding carboxylic acids is 2. The van der Waals surface area contributed by atoms with E-state index in [9.17, 15) is 9.59 Å². The molecule has 2 aromatic rings. The van der Waals surface area contributed by atoms with Crippen molar-refractivity contribution in [3.8, 4) is 0 Å². The molecule has 0 bridgehead atoms. The van der Waals surface area contributed by atoms with E-state index < -0.39 is 11.7 Å². The predicted molar refractivity (Wildman–Crippen MR) is 116 cm³/mol. The summed E-state index contributed by atoms with van der Waals surface area (Å²) in [6, 6.07) is 19.3. The van der Waals surface area contributed by atoms with E-state index in [0.717, 1.165) is 25.7 Å². The molecule has 0 unspecified atom stereocenters. The summed E-state index contributed by atoms with van der Waals surface area (Å²) in [4.78, 5) is 24.6. The van der Waals surface area contributed by atoms with Crippen molar-refractivity contribution in [3.05, 3.63) is 71.8 Å². The van der Waals surface area contributed by atoms with E-state index in [0.29, 0.717) is 12.1 Å². The van der Waals surface area contributed by atoms with Gasteiger partial charge in [0.2, 0.25) is 0 Å². The Kier molecular flexibility index (Phi) is 6.80. The Hall–Kier alpha value is -2.82. The standard InChI is InChI=1S/C25H31NO4/c1-24(2,3)30-23(28)26-18-25(20-12-8-5-9-13-20)16-14-21(15-17-25)29-22(27)19-10-6-4-7-11-19/h4-13,21H,14-18H2,1-3H3,(H,26,28). The summed E-state index contributed by atoms with van der Waals surface area (Å²) >= 11 is 0. The summed E-state index contributed by atoms with van der Waals surface area (Å²) in [6.45, 7) is 6.05. The molecule has 5 nitrogen and oxygen atoms in total. The third kappa shape index (κ3) is 5.85. The number of carbonyl (C=O) groups is 2. The van der Waals surface area contributed by atoms with E-state index in [1.54, 1.807) is 12.1 Å². The Morgan fingerprint density at radius 2 is 1.53 bits per heavy atom. The van der Waals surface area contributed by atoms with Gasteiger partial charge in [-0.15, -0.1) is 0 Å². The maximum Gasteiger partial charge on any atom is 0.407 e. The van der Waals surface area contributed by atoms with Gasteiger partial charge in [0.25, 0.3) is 0 Å². The minimum absolute atomic E-state index is 0.115. The minimum atomic E-state index is -0.534. The van der Waals surface area contributed by atoms with Crippen LogP contribution in [0.5, 0.6) is 0 Å². The van der Waals surface area contributed by atoms with Gasteiger partial charge in [0.1, 0.15) is 11.7 Å². The van der Waals surface area contributed by atoms with Crippen LogP contribution < -0.4 is 5.32 Å². The zero-order valence-corrected chi connectivity index (χ0v) is 18.0. The molecule has 2 aromatic carbocycles. The van der Waals surface area contributed by atoms with Gasteiger partial charge >= 0.3 is 12.1 Å². The van der Waals surface area contributed by atoms with Crippen LogP contribution in [0.1, 0.15) is 62.4 Å². The third-order valence-corrected chi connectivity index (χ3v) is 5.53. The van der Waals surface area contributed by atoms with E-state index in [4.69, 9.17) is 9.47 Å². The second-order valence-electron chi connectivity index (χ2n) is 8.97. The van der Waals surface area contributed by atoms with Gasteiger partial charge < -0.3 is 14.8 Å². The zero-order valence-electron chi connectivity index (χ0n) is 18.0. The number of benzene rings is 2. The average molecular weight is 410 g/mol. The Morgan fingerprint density at radius 3 is 2.10 bits per heavy atom. The summed E-state index contributed by atoms with van der Waals surface area (Å²) in [5.74, 6) is -0.278. The highest BCUT2D eigenvalue weighted by molar-refractivity contribution is 5.89. The average Bonchev–Trinajstić information content (AvgIpc) is 2.73. The maximum absolute atomic E-state index is 12.4. The van der Waals surface area contributed by atoms with Gasteiger partial charge in [0, 0.05) is 12.0 Å². The van der Waals surface area contributed by atoms with Crippen LogP contribution in [0.25, 0.3) is 0 Å². The Morgan fingerprint density at radius 1 is 0.967 bits per heavy atom. The van der Waals surface area contributed by atoms with E-state index in [1.165, 1.54) is 5.56 Å². The zero-order chi connectivity index (χ0) is 21.6. The van der Waals surface area contributed by atoms with Crippen molar-refractivity contribution in [3.63, 3.8) is 0 Å². The van der Waals surface area contributed by atoms with Crippen LogP contribution in [-0.4, -0.2) is 30.3 Å². The summed E-state index contributed by atoms with van der Waals surface area (Å²) in [5, 5.41) is 2.96. The predicted octanol–water partition coefficient (Wildman–Crippen LogP) is 5.25. The van der Waals surface area contributed by atoms with Crippen molar-refractivity contribution in [2.75, 3.05) is 6.54 Å². The number of esters is 1. The molecule has 0 spiro atoms. The molecule has 1 aliphatic carbocycles. The fourth-order valence-electron chi connectivity index (χ4n) is 3.97. The number of nitrogens with one attached hydrogen (secondary N) is 1. The van der Waals surface area contributed by atoms with Gasteiger partial charge in [0.15, 0.2) is 0 Å². The van der Waals surface area contributed by atoms with Crippen molar-refractivity contribution in [1.29, 1.82) is 0 Å². The van der Waals surface area contributed by atoms with Crippen molar-refractivity contribution in [2.45, 2.75) is 63.6 Å². The second-order valence-corrected chi connectivity index (χ2v) is 8.97. The van der Waals surface area contributed by atoms with E-state index in [2.05, 4.69) is 17.4 Å². The van der Waals surface area contributed by atoms with Gasteiger partial charge in [-0.05, 0) is 64.2 Å². The fourth-order valence-corrected chi connectivity index (χ4v) is 3.97. The van der Waals surface area contributed by atoms with Crippen molar-refractivity contribution in [2.24, 2.45) is 0 Å².